The number of carbonyl (C=O) groups is 2. The van der Waals surface area contributed by atoms with Crippen LogP contribution in [-0.4, -0.2) is 11.8 Å². The van der Waals surface area contributed by atoms with E-state index in [9.17, 15) is 9.59 Å². The summed E-state index contributed by atoms with van der Waals surface area (Å²) < 4.78 is 0. The van der Waals surface area contributed by atoms with Crippen LogP contribution in [0.4, 0.5) is 0 Å². The molecule has 0 aromatic rings. The summed E-state index contributed by atoms with van der Waals surface area (Å²) in [6.45, 7) is 4.55. The first-order valence-corrected chi connectivity index (χ1v) is 18.1. The van der Waals surface area contributed by atoms with Crippen LogP contribution in [-0.2, 0) is 9.59 Å². The van der Waals surface area contributed by atoms with Crippen molar-refractivity contribution < 1.29 is 9.59 Å². The van der Waals surface area contributed by atoms with Crippen LogP contribution in [0.2, 0.25) is 0 Å². The van der Waals surface area contributed by atoms with E-state index in [1.54, 1.807) is 0 Å². The summed E-state index contributed by atoms with van der Waals surface area (Å²) in [5.74, 6) is -0.306. The zero-order valence-electron chi connectivity index (χ0n) is 27.6. The van der Waals surface area contributed by atoms with Gasteiger partial charge in [-0.1, -0.05) is 194 Å². The molecule has 4 N–H and O–H groups in total. The van der Waals surface area contributed by atoms with Crippen molar-refractivity contribution in [1.29, 1.82) is 0 Å². The maximum absolute atomic E-state index is 10.6. The fourth-order valence-corrected chi connectivity index (χ4v) is 5.34. The number of hydrogen-bond donors (Lipinski definition) is 2. The molecular weight excluding hydrogens is 492 g/mol. The van der Waals surface area contributed by atoms with E-state index in [1.807, 2.05) is 0 Å². The zero-order chi connectivity index (χ0) is 29.8. The van der Waals surface area contributed by atoms with Gasteiger partial charge in [0.15, 0.2) is 0 Å². The Balaban J connectivity index is 0. The van der Waals surface area contributed by atoms with E-state index in [0.29, 0.717) is 12.8 Å². The number of rotatable bonds is 32. The molecular formula is C36H74N2O2. The van der Waals surface area contributed by atoms with Gasteiger partial charge in [0.05, 0.1) is 0 Å². The Morgan fingerprint density at radius 2 is 0.450 bits per heavy atom. The summed E-state index contributed by atoms with van der Waals surface area (Å²) in [5.41, 5.74) is 10.2. The molecule has 0 bridgehead atoms. The van der Waals surface area contributed by atoms with Gasteiger partial charge >= 0.3 is 0 Å². The van der Waals surface area contributed by atoms with Crippen LogP contribution in [0.5, 0.6) is 0 Å². The fourth-order valence-electron chi connectivity index (χ4n) is 5.34. The molecule has 0 heterocycles. The van der Waals surface area contributed by atoms with Gasteiger partial charge in [0.25, 0.3) is 0 Å². The SMILES string of the molecule is CCCCCCCCCCCCCCCCCC(N)=O.CCCCCCCCCCCCCCCCCC(N)=O. The normalized spacial score (nSPS) is 10.8. The molecule has 4 nitrogen and oxygen atoms in total. The first kappa shape index (κ1) is 41.1. The predicted molar refractivity (Wildman–Crippen MR) is 177 cm³/mol. The van der Waals surface area contributed by atoms with Crippen molar-refractivity contribution in [2.24, 2.45) is 11.5 Å². The van der Waals surface area contributed by atoms with E-state index < -0.39 is 0 Å². The highest BCUT2D eigenvalue weighted by atomic mass is 16.1. The van der Waals surface area contributed by atoms with Gasteiger partial charge in [-0.15, -0.1) is 0 Å². The van der Waals surface area contributed by atoms with Gasteiger partial charge in [0.1, 0.15) is 0 Å². The molecule has 0 saturated carbocycles. The number of nitrogens with two attached hydrogens (primary N) is 2. The molecule has 0 unspecified atom stereocenters. The smallest absolute Gasteiger partial charge is 0.217 e. The van der Waals surface area contributed by atoms with Crippen LogP contribution in [0, 0.1) is 0 Å². The molecule has 0 radical (unpaired) electrons. The number of unbranched alkanes of at least 4 members (excludes halogenated alkanes) is 28. The average molecular weight is 567 g/mol. The Morgan fingerprint density at radius 3 is 0.600 bits per heavy atom. The highest BCUT2D eigenvalue weighted by Gasteiger charge is 1.97. The van der Waals surface area contributed by atoms with E-state index in [-0.39, 0.29) is 11.8 Å². The lowest BCUT2D eigenvalue weighted by atomic mass is 10.0. The molecule has 0 spiro atoms. The third kappa shape index (κ3) is 44.0. The maximum Gasteiger partial charge on any atom is 0.217 e. The lowest BCUT2D eigenvalue weighted by Crippen LogP contribution is -2.09. The second kappa shape index (κ2) is 37.9. The average Bonchev–Trinajstić information content (AvgIpc) is 2.93. The Kier molecular flexibility index (Phi) is 39.0. The summed E-state index contributed by atoms with van der Waals surface area (Å²) >= 11 is 0. The number of hydrogen-bond acceptors (Lipinski definition) is 2. The van der Waals surface area contributed by atoms with Gasteiger partial charge in [0.2, 0.25) is 11.8 Å². The molecule has 4 heteroatoms. The maximum atomic E-state index is 10.6. The van der Waals surface area contributed by atoms with E-state index in [4.69, 9.17) is 11.5 Å². The minimum Gasteiger partial charge on any atom is -0.370 e. The summed E-state index contributed by atoms with van der Waals surface area (Å²) in [6.07, 6.45) is 41.8. The van der Waals surface area contributed by atoms with Gasteiger partial charge < -0.3 is 11.5 Å². The van der Waals surface area contributed by atoms with Crippen molar-refractivity contribution in [2.45, 2.75) is 219 Å². The van der Waals surface area contributed by atoms with Gasteiger partial charge in [-0.25, -0.2) is 0 Å². The zero-order valence-corrected chi connectivity index (χ0v) is 27.6. The van der Waals surface area contributed by atoms with Crippen molar-refractivity contribution in [3.63, 3.8) is 0 Å². The third-order valence-electron chi connectivity index (χ3n) is 8.05. The molecule has 0 aromatic heterocycles. The molecule has 0 rings (SSSR count). The molecule has 40 heavy (non-hydrogen) atoms. The largest absolute Gasteiger partial charge is 0.370 e. The topological polar surface area (TPSA) is 86.2 Å². The predicted octanol–water partition coefficient (Wildman–Crippen LogP) is 11.5. The summed E-state index contributed by atoms with van der Waals surface area (Å²) in [7, 11) is 0. The summed E-state index contributed by atoms with van der Waals surface area (Å²) in [6, 6.07) is 0. The van der Waals surface area contributed by atoms with Crippen molar-refractivity contribution in [2.75, 3.05) is 0 Å². The molecule has 2 amide bonds. The first-order valence-electron chi connectivity index (χ1n) is 18.1. The highest BCUT2D eigenvalue weighted by molar-refractivity contribution is 5.73. The third-order valence-corrected chi connectivity index (χ3v) is 8.05. The molecule has 0 saturated heterocycles. The second-order valence-corrected chi connectivity index (χ2v) is 12.3. The first-order chi connectivity index (χ1) is 19.5. The summed E-state index contributed by atoms with van der Waals surface area (Å²) in [4.78, 5) is 21.1. The quantitative estimate of drug-likeness (QED) is 0.0793. The summed E-state index contributed by atoms with van der Waals surface area (Å²) in [5, 5.41) is 0. The standard InChI is InChI=1S/2C18H37NO/c2*1-2-3-4-5-6-7-8-9-10-11-12-13-14-15-16-17-18(19)20/h2*2-17H2,1H3,(H2,19,20). The number of primary amides is 2. The van der Waals surface area contributed by atoms with E-state index in [0.717, 1.165) is 12.8 Å². The lowest BCUT2D eigenvalue weighted by Gasteiger charge is -2.03. The van der Waals surface area contributed by atoms with Crippen molar-refractivity contribution >= 4 is 11.8 Å². The lowest BCUT2D eigenvalue weighted by molar-refractivity contribution is -0.119. The Labute approximate surface area is 252 Å². The monoisotopic (exact) mass is 567 g/mol. The van der Waals surface area contributed by atoms with Crippen molar-refractivity contribution in [1.82, 2.24) is 0 Å². The van der Waals surface area contributed by atoms with Gasteiger partial charge in [-0.3, -0.25) is 9.59 Å². The van der Waals surface area contributed by atoms with Crippen LogP contribution < -0.4 is 11.5 Å². The molecule has 0 fully saturated rings. The van der Waals surface area contributed by atoms with E-state index in [1.165, 1.54) is 180 Å². The molecule has 0 aromatic carbocycles. The Hall–Kier alpha value is -1.06. The van der Waals surface area contributed by atoms with Crippen LogP contribution in [0.3, 0.4) is 0 Å². The molecule has 0 atom stereocenters. The molecule has 240 valence electrons. The number of carbonyl (C=O) groups excluding carboxylic acids is 2. The minimum absolute atomic E-state index is 0.153. The van der Waals surface area contributed by atoms with Crippen LogP contribution >= 0.6 is 0 Å². The van der Waals surface area contributed by atoms with Crippen LogP contribution in [0.25, 0.3) is 0 Å². The number of amides is 2. The van der Waals surface area contributed by atoms with Crippen LogP contribution in [0.1, 0.15) is 219 Å². The van der Waals surface area contributed by atoms with Crippen molar-refractivity contribution in [3.05, 3.63) is 0 Å². The van der Waals surface area contributed by atoms with Gasteiger partial charge in [-0.2, -0.15) is 0 Å². The molecule has 0 aliphatic carbocycles. The van der Waals surface area contributed by atoms with Gasteiger partial charge in [-0.05, 0) is 12.8 Å². The minimum atomic E-state index is -0.153. The van der Waals surface area contributed by atoms with E-state index in [2.05, 4.69) is 13.8 Å². The van der Waals surface area contributed by atoms with E-state index >= 15 is 0 Å². The highest BCUT2D eigenvalue weighted by Crippen LogP contribution is 2.15. The molecule has 0 aliphatic rings. The van der Waals surface area contributed by atoms with Crippen molar-refractivity contribution in [3.8, 4) is 0 Å². The second-order valence-electron chi connectivity index (χ2n) is 12.3. The Morgan fingerprint density at radius 1 is 0.300 bits per heavy atom. The molecule has 0 aliphatic heterocycles. The van der Waals surface area contributed by atoms with Gasteiger partial charge in [0, 0.05) is 12.8 Å². The Bertz CT molecular complexity index is 451. The van der Waals surface area contributed by atoms with Crippen LogP contribution in [0.15, 0.2) is 0 Å². The fraction of sp³-hybridized carbons (Fsp3) is 0.944.